The summed E-state index contributed by atoms with van der Waals surface area (Å²) in [6.07, 6.45) is 18.6. The van der Waals surface area contributed by atoms with Crippen LogP contribution in [0.25, 0.3) is 10.8 Å². The van der Waals surface area contributed by atoms with E-state index in [4.69, 9.17) is 0 Å². The molecular weight excluding hydrogens is 367 g/mol. The van der Waals surface area contributed by atoms with Crippen molar-refractivity contribution >= 4 is 10.8 Å². The van der Waals surface area contributed by atoms with Crippen LogP contribution in [0.1, 0.15) is 95.1 Å². The molecule has 0 radical (unpaired) electrons. The minimum absolute atomic E-state index is 0.0463. The van der Waals surface area contributed by atoms with E-state index in [1.807, 2.05) is 6.92 Å². The number of fused-ring (bicyclic) bond motifs is 2. The second-order valence-electron chi connectivity index (χ2n) is 10.0. The Labute approximate surface area is 183 Å². The first-order valence-corrected chi connectivity index (χ1v) is 12.5. The predicted octanol–water partition coefficient (Wildman–Crippen LogP) is 8.98. The number of rotatable bonds is 7. The lowest BCUT2D eigenvalue weighted by atomic mass is 9.63. The van der Waals surface area contributed by atoms with E-state index in [1.54, 1.807) is 6.07 Å². The third kappa shape index (κ3) is 4.98. The van der Waals surface area contributed by atoms with Gasteiger partial charge in [0.1, 0.15) is 5.82 Å². The first kappa shape index (κ1) is 21.6. The van der Waals surface area contributed by atoms with Crippen molar-refractivity contribution in [2.24, 2.45) is 17.8 Å². The molecule has 2 saturated carbocycles. The van der Waals surface area contributed by atoms with Gasteiger partial charge in [-0.05, 0) is 104 Å². The van der Waals surface area contributed by atoms with Crippen LogP contribution in [0.2, 0.25) is 0 Å². The lowest BCUT2D eigenvalue weighted by Gasteiger charge is -2.42. The number of unbranched alkanes of at least 4 members (excludes halogenated alkanes) is 1. The SMILES string of the molecule is C/C=C/CCc1cc(F)c2cc(C3CCC4CC(CCCC)CCC4C3)ccc2c1. The van der Waals surface area contributed by atoms with Gasteiger partial charge in [0.05, 0.1) is 0 Å². The van der Waals surface area contributed by atoms with Crippen LogP contribution in [-0.2, 0) is 6.42 Å². The smallest absolute Gasteiger partial charge is 0.131 e. The molecule has 0 nitrogen and oxygen atoms in total. The van der Waals surface area contributed by atoms with E-state index in [-0.39, 0.29) is 5.82 Å². The molecule has 4 unspecified atom stereocenters. The Morgan fingerprint density at radius 3 is 2.67 bits per heavy atom. The standard InChI is InChI=1S/C29H39F/c1-3-5-7-9-22-17-27-15-14-26(20-28(27)29(30)18-22)25-13-12-23-16-21(8-6-4-2)10-11-24(23)19-25/h3,5,14-15,17-18,20-21,23-25H,4,6-13,16,19H2,1-2H3/b5-3+. The second kappa shape index (κ2) is 10.1. The van der Waals surface area contributed by atoms with Gasteiger partial charge >= 0.3 is 0 Å². The lowest BCUT2D eigenvalue weighted by molar-refractivity contribution is 0.113. The monoisotopic (exact) mass is 406 g/mol. The highest BCUT2D eigenvalue weighted by Crippen LogP contribution is 2.48. The van der Waals surface area contributed by atoms with Crippen molar-refractivity contribution < 1.29 is 4.39 Å². The van der Waals surface area contributed by atoms with Crippen molar-refractivity contribution in [3.63, 3.8) is 0 Å². The summed E-state index contributed by atoms with van der Waals surface area (Å²) in [5.41, 5.74) is 2.47. The highest BCUT2D eigenvalue weighted by molar-refractivity contribution is 5.84. The topological polar surface area (TPSA) is 0 Å². The van der Waals surface area contributed by atoms with Gasteiger partial charge in [0.25, 0.3) is 0 Å². The van der Waals surface area contributed by atoms with Crippen molar-refractivity contribution in [1.29, 1.82) is 0 Å². The Balaban J connectivity index is 1.44. The van der Waals surface area contributed by atoms with Crippen molar-refractivity contribution in [1.82, 2.24) is 0 Å². The van der Waals surface area contributed by atoms with Crippen LogP contribution >= 0.6 is 0 Å². The normalized spacial score (nSPS) is 26.9. The van der Waals surface area contributed by atoms with Crippen LogP contribution in [0.15, 0.2) is 42.5 Å². The summed E-state index contributed by atoms with van der Waals surface area (Å²) in [6.45, 7) is 4.35. The number of halogens is 1. The average Bonchev–Trinajstić information content (AvgIpc) is 2.77. The molecule has 2 aliphatic rings. The van der Waals surface area contributed by atoms with E-state index in [1.165, 1.54) is 63.4 Å². The molecule has 2 aromatic rings. The molecule has 0 spiro atoms. The van der Waals surface area contributed by atoms with Gasteiger partial charge in [-0.3, -0.25) is 0 Å². The number of benzene rings is 2. The summed E-state index contributed by atoms with van der Waals surface area (Å²) in [7, 11) is 0. The Kier molecular flexibility index (Phi) is 7.28. The van der Waals surface area contributed by atoms with Gasteiger partial charge < -0.3 is 0 Å². The van der Waals surface area contributed by atoms with Crippen molar-refractivity contribution in [2.75, 3.05) is 0 Å². The van der Waals surface area contributed by atoms with E-state index < -0.39 is 0 Å². The highest BCUT2D eigenvalue weighted by atomic mass is 19.1. The summed E-state index contributed by atoms with van der Waals surface area (Å²) < 4.78 is 14.9. The van der Waals surface area contributed by atoms with Crippen LogP contribution in [0.5, 0.6) is 0 Å². The van der Waals surface area contributed by atoms with Gasteiger partial charge in [0, 0.05) is 5.39 Å². The maximum atomic E-state index is 14.9. The largest absolute Gasteiger partial charge is 0.206 e. The highest BCUT2D eigenvalue weighted by Gasteiger charge is 2.35. The third-order valence-electron chi connectivity index (χ3n) is 7.98. The maximum absolute atomic E-state index is 14.9. The van der Waals surface area contributed by atoms with Gasteiger partial charge in [-0.25, -0.2) is 4.39 Å². The molecule has 2 fully saturated rings. The molecule has 30 heavy (non-hydrogen) atoms. The molecule has 2 aliphatic carbocycles. The Morgan fingerprint density at radius 1 is 1.00 bits per heavy atom. The first-order valence-electron chi connectivity index (χ1n) is 12.5. The van der Waals surface area contributed by atoms with Gasteiger partial charge in [-0.15, -0.1) is 0 Å². The molecule has 0 aromatic heterocycles. The van der Waals surface area contributed by atoms with E-state index in [9.17, 15) is 4.39 Å². The molecule has 0 N–H and O–H groups in total. The molecule has 0 saturated heterocycles. The summed E-state index contributed by atoms with van der Waals surface area (Å²) in [6, 6.07) is 10.6. The van der Waals surface area contributed by atoms with Crippen LogP contribution in [-0.4, -0.2) is 0 Å². The fourth-order valence-electron chi connectivity index (χ4n) is 6.25. The van der Waals surface area contributed by atoms with E-state index >= 15 is 0 Å². The molecule has 0 bridgehead atoms. The fourth-order valence-corrected chi connectivity index (χ4v) is 6.25. The number of hydrogen-bond donors (Lipinski definition) is 0. The zero-order valence-corrected chi connectivity index (χ0v) is 19.0. The van der Waals surface area contributed by atoms with Gasteiger partial charge in [0.2, 0.25) is 0 Å². The maximum Gasteiger partial charge on any atom is 0.131 e. The predicted molar refractivity (Wildman–Crippen MR) is 127 cm³/mol. The second-order valence-corrected chi connectivity index (χ2v) is 10.0. The number of hydrogen-bond acceptors (Lipinski definition) is 0. The molecule has 0 amide bonds. The summed E-state index contributed by atoms with van der Waals surface area (Å²) in [4.78, 5) is 0. The molecule has 4 atom stereocenters. The molecule has 2 aromatic carbocycles. The summed E-state index contributed by atoms with van der Waals surface area (Å²) in [5, 5.41) is 1.87. The summed E-state index contributed by atoms with van der Waals surface area (Å²) >= 11 is 0. The van der Waals surface area contributed by atoms with E-state index in [2.05, 4.69) is 43.3 Å². The lowest BCUT2D eigenvalue weighted by Crippen LogP contribution is -2.30. The average molecular weight is 407 g/mol. The fraction of sp³-hybridized carbons (Fsp3) is 0.586. The van der Waals surface area contributed by atoms with Crippen molar-refractivity contribution in [3.8, 4) is 0 Å². The van der Waals surface area contributed by atoms with Crippen molar-refractivity contribution in [2.45, 2.75) is 90.4 Å². The molecule has 0 aliphatic heterocycles. The third-order valence-corrected chi connectivity index (χ3v) is 7.98. The number of aryl methyl sites for hydroxylation is 1. The Morgan fingerprint density at radius 2 is 1.83 bits per heavy atom. The number of allylic oxidation sites excluding steroid dienone is 2. The van der Waals surface area contributed by atoms with Gasteiger partial charge in [-0.2, -0.15) is 0 Å². The van der Waals surface area contributed by atoms with Crippen LogP contribution in [0, 0.1) is 23.6 Å². The van der Waals surface area contributed by atoms with Crippen molar-refractivity contribution in [3.05, 3.63) is 59.4 Å². The molecule has 4 rings (SSSR count). The van der Waals surface area contributed by atoms with E-state index in [0.29, 0.717) is 5.92 Å². The molecule has 1 heteroatoms. The van der Waals surface area contributed by atoms with E-state index in [0.717, 1.165) is 46.9 Å². The van der Waals surface area contributed by atoms with Crippen LogP contribution < -0.4 is 0 Å². The first-order chi connectivity index (χ1) is 14.7. The Hall–Kier alpha value is -1.63. The summed E-state index contributed by atoms with van der Waals surface area (Å²) in [5.74, 6) is 3.41. The van der Waals surface area contributed by atoms with Crippen LogP contribution in [0.3, 0.4) is 0 Å². The van der Waals surface area contributed by atoms with Crippen LogP contribution in [0.4, 0.5) is 4.39 Å². The zero-order valence-electron chi connectivity index (χ0n) is 19.0. The molecule has 0 heterocycles. The quantitative estimate of drug-likeness (QED) is 0.402. The molecule has 162 valence electrons. The minimum atomic E-state index is -0.0463. The molecular formula is C29H39F. The Bertz CT molecular complexity index is 864. The zero-order chi connectivity index (χ0) is 20.9. The minimum Gasteiger partial charge on any atom is -0.206 e. The van der Waals surface area contributed by atoms with Gasteiger partial charge in [0.15, 0.2) is 0 Å². The van der Waals surface area contributed by atoms with Gasteiger partial charge in [-0.1, -0.05) is 63.0 Å².